The third-order valence-electron chi connectivity index (χ3n) is 2.67. The lowest BCUT2D eigenvalue weighted by molar-refractivity contribution is 0.0656. The van der Waals surface area contributed by atoms with E-state index in [0.29, 0.717) is 0 Å². The van der Waals surface area contributed by atoms with E-state index in [4.69, 9.17) is 9.52 Å². The molecule has 2 aromatic rings. The van der Waals surface area contributed by atoms with Gasteiger partial charge >= 0.3 is 5.97 Å². The Kier molecular flexibility index (Phi) is 3.93. The smallest absolute Gasteiger partial charge is 0.371 e. The van der Waals surface area contributed by atoms with E-state index < -0.39 is 21.8 Å². The summed E-state index contributed by atoms with van der Waals surface area (Å²) in [4.78, 5) is 15.6. The fourth-order valence-corrected chi connectivity index (χ4v) is 3.45. The third kappa shape index (κ3) is 2.74. The van der Waals surface area contributed by atoms with Gasteiger partial charge in [0.2, 0.25) is 10.9 Å². The summed E-state index contributed by atoms with van der Waals surface area (Å²) >= 11 is 1.36. The first kappa shape index (κ1) is 14.7. The molecule has 0 radical (unpaired) electrons. The SMILES string of the molecule is Cc1ncsc1CN(C)S(=O)(=O)c1ccc(C(=O)O)o1. The largest absolute Gasteiger partial charge is 0.475 e. The highest BCUT2D eigenvalue weighted by Gasteiger charge is 2.26. The lowest BCUT2D eigenvalue weighted by Crippen LogP contribution is -2.26. The molecule has 0 spiro atoms. The predicted octanol–water partition coefficient (Wildman–Crippen LogP) is 1.56. The van der Waals surface area contributed by atoms with Gasteiger partial charge in [-0.1, -0.05) is 0 Å². The minimum atomic E-state index is -3.86. The van der Waals surface area contributed by atoms with E-state index in [1.807, 2.05) is 0 Å². The van der Waals surface area contributed by atoms with Crippen LogP contribution in [0, 0.1) is 6.92 Å². The monoisotopic (exact) mass is 316 g/mol. The first-order valence-electron chi connectivity index (χ1n) is 5.51. The zero-order valence-electron chi connectivity index (χ0n) is 10.7. The predicted molar refractivity (Wildman–Crippen MR) is 71.2 cm³/mol. The van der Waals surface area contributed by atoms with Crippen molar-refractivity contribution >= 4 is 27.3 Å². The summed E-state index contributed by atoms with van der Waals surface area (Å²) in [6.45, 7) is 1.95. The maximum absolute atomic E-state index is 12.2. The van der Waals surface area contributed by atoms with Gasteiger partial charge in [0.25, 0.3) is 10.0 Å². The number of carboxylic acids is 1. The van der Waals surface area contributed by atoms with E-state index >= 15 is 0 Å². The quantitative estimate of drug-likeness (QED) is 0.898. The van der Waals surface area contributed by atoms with Crippen LogP contribution in [0.3, 0.4) is 0 Å². The van der Waals surface area contributed by atoms with Gasteiger partial charge in [0.1, 0.15) is 0 Å². The van der Waals surface area contributed by atoms with Crippen molar-refractivity contribution in [3.63, 3.8) is 0 Å². The number of hydrogen-bond acceptors (Lipinski definition) is 6. The van der Waals surface area contributed by atoms with Crippen LogP contribution < -0.4 is 0 Å². The summed E-state index contributed by atoms with van der Waals surface area (Å²) in [6.07, 6.45) is 0. The Hall–Kier alpha value is -1.71. The van der Waals surface area contributed by atoms with Crippen LogP contribution in [0.2, 0.25) is 0 Å². The summed E-state index contributed by atoms with van der Waals surface area (Å²) in [6, 6.07) is 2.25. The highest BCUT2D eigenvalue weighted by Crippen LogP contribution is 2.22. The van der Waals surface area contributed by atoms with Crippen molar-refractivity contribution in [2.24, 2.45) is 0 Å². The molecule has 0 amide bonds. The van der Waals surface area contributed by atoms with E-state index in [9.17, 15) is 13.2 Å². The number of aromatic carboxylic acids is 1. The maximum Gasteiger partial charge on any atom is 0.371 e. The van der Waals surface area contributed by atoms with Gasteiger partial charge in [-0.25, -0.2) is 18.2 Å². The fraction of sp³-hybridized carbons (Fsp3) is 0.273. The zero-order chi connectivity index (χ0) is 14.9. The van der Waals surface area contributed by atoms with Crippen molar-refractivity contribution in [2.75, 3.05) is 7.05 Å². The number of thiazole rings is 1. The molecule has 9 heteroatoms. The van der Waals surface area contributed by atoms with Crippen LogP contribution in [0.15, 0.2) is 27.2 Å². The number of hydrogen-bond donors (Lipinski definition) is 1. The van der Waals surface area contributed by atoms with Gasteiger partial charge in [-0.05, 0) is 19.1 Å². The van der Waals surface area contributed by atoms with E-state index in [0.717, 1.165) is 27.0 Å². The van der Waals surface area contributed by atoms with Crippen molar-refractivity contribution < 1.29 is 22.7 Å². The third-order valence-corrected chi connectivity index (χ3v) is 5.27. The molecule has 2 heterocycles. The molecule has 0 atom stereocenters. The maximum atomic E-state index is 12.2. The Labute approximate surface area is 119 Å². The molecule has 20 heavy (non-hydrogen) atoms. The highest BCUT2D eigenvalue weighted by molar-refractivity contribution is 7.88. The molecule has 0 aliphatic heterocycles. The molecule has 0 aromatic carbocycles. The lowest BCUT2D eigenvalue weighted by Gasteiger charge is -2.14. The van der Waals surface area contributed by atoms with Crippen molar-refractivity contribution in [3.05, 3.63) is 34.0 Å². The van der Waals surface area contributed by atoms with E-state index in [2.05, 4.69) is 4.98 Å². The van der Waals surface area contributed by atoms with Crippen LogP contribution in [0.5, 0.6) is 0 Å². The second-order valence-corrected chi connectivity index (χ2v) is 6.96. The van der Waals surface area contributed by atoms with Gasteiger partial charge in [-0.2, -0.15) is 4.31 Å². The summed E-state index contributed by atoms with van der Waals surface area (Å²) in [7, 11) is -2.46. The summed E-state index contributed by atoms with van der Waals surface area (Å²) < 4.78 is 30.4. The van der Waals surface area contributed by atoms with Crippen LogP contribution in [-0.4, -0.2) is 35.8 Å². The Balaban J connectivity index is 2.25. The van der Waals surface area contributed by atoms with E-state index in [1.54, 1.807) is 12.4 Å². The average molecular weight is 316 g/mol. The fourth-order valence-electron chi connectivity index (χ4n) is 1.49. The summed E-state index contributed by atoms with van der Waals surface area (Å²) in [5.41, 5.74) is 2.41. The van der Waals surface area contributed by atoms with Crippen molar-refractivity contribution in [1.82, 2.24) is 9.29 Å². The van der Waals surface area contributed by atoms with Gasteiger partial charge in [0, 0.05) is 18.5 Å². The molecule has 0 bridgehead atoms. The number of furan rings is 1. The molecule has 2 aromatic heterocycles. The second-order valence-electron chi connectivity index (χ2n) is 4.05. The number of nitrogens with zero attached hydrogens (tertiary/aromatic N) is 2. The van der Waals surface area contributed by atoms with Gasteiger partial charge in [0.15, 0.2) is 0 Å². The minimum absolute atomic E-state index is 0.155. The number of carbonyl (C=O) groups is 1. The first-order chi connectivity index (χ1) is 9.32. The summed E-state index contributed by atoms with van der Waals surface area (Å²) in [5.74, 6) is -1.72. The average Bonchev–Trinajstić information content (AvgIpc) is 2.99. The van der Waals surface area contributed by atoms with Crippen LogP contribution >= 0.6 is 11.3 Å². The topological polar surface area (TPSA) is 101 Å². The normalized spacial score (nSPS) is 11.9. The summed E-state index contributed by atoms with van der Waals surface area (Å²) in [5, 5.41) is 8.35. The minimum Gasteiger partial charge on any atom is -0.475 e. The molecular weight excluding hydrogens is 304 g/mol. The van der Waals surface area contributed by atoms with E-state index in [1.165, 1.54) is 18.4 Å². The van der Waals surface area contributed by atoms with Crippen LogP contribution in [0.1, 0.15) is 21.1 Å². The molecule has 108 valence electrons. The second kappa shape index (κ2) is 5.35. The number of aryl methyl sites for hydroxylation is 1. The van der Waals surface area contributed by atoms with Gasteiger partial charge in [-0.3, -0.25) is 0 Å². The Morgan fingerprint density at radius 2 is 2.20 bits per heavy atom. The molecule has 1 N–H and O–H groups in total. The lowest BCUT2D eigenvalue weighted by atomic mass is 10.4. The Bertz CT molecular complexity index is 732. The molecule has 0 saturated carbocycles. The first-order valence-corrected chi connectivity index (χ1v) is 7.83. The number of carboxylic acid groups (broad SMARTS) is 1. The van der Waals surface area contributed by atoms with Gasteiger partial charge in [0.05, 0.1) is 11.2 Å². The molecule has 0 unspecified atom stereocenters. The molecule has 2 rings (SSSR count). The van der Waals surface area contributed by atoms with Crippen LogP contribution in [0.4, 0.5) is 0 Å². The number of aromatic nitrogens is 1. The highest BCUT2D eigenvalue weighted by atomic mass is 32.2. The molecule has 0 aliphatic rings. The van der Waals surface area contributed by atoms with Crippen molar-refractivity contribution in [2.45, 2.75) is 18.6 Å². The molecular formula is C11H12N2O5S2. The Morgan fingerprint density at radius 1 is 1.50 bits per heavy atom. The molecule has 0 saturated heterocycles. The van der Waals surface area contributed by atoms with Crippen LogP contribution in [0.25, 0.3) is 0 Å². The van der Waals surface area contributed by atoms with Crippen molar-refractivity contribution in [3.8, 4) is 0 Å². The van der Waals surface area contributed by atoms with Crippen LogP contribution in [-0.2, 0) is 16.6 Å². The van der Waals surface area contributed by atoms with Crippen molar-refractivity contribution in [1.29, 1.82) is 0 Å². The standard InChI is InChI=1S/C11H12N2O5S2/c1-7-9(19-6-12-7)5-13(2)20(16,17)10-4-3-8(18-10)11(14)15/h3-4,6H,5H2,1-2H3,(H,14,15). The van der Waals surface area contributed by atoms with Gasteiger partial charge in [-0.15, -0.1) is 11.3 Å². The molecule has 0 aliphatic carbocycles. The molecule has 0 fully saturated rings. The zero-order valence-corrected chi connectivity index (χ0v) is 12.4. The molecule has 7 nitrogen and oxygen atoms in total. The van der Waals surface area contributed by atoms with E-state index in [-0.39, 0.29) is 11.6 Å². The van der Waals surface area contributed by atoms with Gasteiger partial charge < -0.3 is 9.52 Å². The number of sulfonamides is 1. The Morgan fingerprint density at radius 3 is 2.70 bits per heavy atom. The number of rotatable bonds is 5.